The van der Waals surface area contributed by atoms with Crippen LogP contribution in [0.2, 0.25) is 0 Å². The minimum atomic E-state index is -0.813. The van der Waals surface area contributed by atoms with Crippen molar-refractivity contribution in [3.63, 3.8) is 0 Å². The van der Waals surface area contributed by atoms with E-state index < -0.39 is 5.97 Å². The van der Waals surface area contributed by atoms with Gasteiger partial charge in [-0.3, -0.25) is 9.48 Å². The molecule has 0 spiro atoms. The molecule has 1 aromatic rings. The van der Waals surface area contributed by atoms with E-state index >= 15 is 0 Å². The van der Waals surface area contributed by atoms with Crippen LogP contribution in [0, 0.1) is 0 Å². The number of nitrogens with zero attached hydrogens (tertiary/aromatic N) is 2. The maximum Gasteiger partial charge on any atom is 0.313 e. The first-order chi connectivity index (χ1) is 8.17. The van der Waals surface area contributed by atoms with Crippen LogP contribution in [0.15, 0.2) is 11.1 Å². The summed E-state index contributed by atoms with van der Waals surface area (Å²) in [6.45, 7) is 3.39. The summed E-state index contributed by atoms with van der Waals surface area (Å²) in [5, 5.41) is 14.0. The molecule has 1 rings (SSSR count). The van der Waals surface area contributed by atoms with Crippen LogP contribution in [0.25, 0.3) is 0 Å². The highest BCUT2D eigenvalue weighted by atomic mass is 32.2. The normalized spacial score (nSPS) is 10.7. The van der Waals surface area contributed by atoms with E-state index in [4.69, 9.17) is 9.84 Å². The Labute approximate surface area is 105 Å². The maximum absolute atomic E-state index is 10.6. The van der Waals surface area contributed by atoms with Crippen molar-refractivity contribution >= 4 is 17.7 Å². The first-order valence-electron chi connectivity index (χ1n) is 5.57. The zero-order chi connectivity index (χ0) is 12.7. The zero-order valence-electron chi connectivity index (χ0n) is 10.2. The predicted octanol–water partition coefficient (Wildman–Crippen LogP) is 2.01. The summed E-state index contributed by atoms with van der Waals surface area (Å²) < 4.78 is 6.89. The van der Waals surface area contributed by atoms with Crippen molar-refractivity contribution in [1.29, 1.82) is 0 Å². The van der Waals surface area contributed by atoms with E-state index in [1.807, 2.05) is 10.7 Å². The molecule has 1 aromatic heterocycles. The fourth-order valence-electron chi connectivity index (χ4n) is 1.39. The minimum absolute atomic E-state index is 0.0598. The van der Waals surface area contributed by atoms with Crippen LogP contribution in [0.5, 0.6) is 0 Å². The number of hydrogen-bond acceptors (Lipinski definition) is 4. The van der Waals surface area contributed by atoms with Crippen LogP contribution in [0.1, 0.15) is 25.5 Å². The van der Waals surface area contributed by atoms with Gasteiger partial charge in [0.15, 0.2) is 0 Å². The van der Waals surface area contributed by atoms with E-state index in [0.717, 1.165) is 30.1 Å². The van der Waals surface area contributed by atoms with Gasteiger partial charge in [-0.25, -0.2) is 0 Å². The van der Waals surface area contributed by atoms with Gasteiger partial charge in [-0.1, -0.05) is 25.1 Å². The number of carboxylic acids is 1. The Bertz CT molecular complexity index is 366. The lowest BCUT2D eigenvalue weighted by atomic mass is 10.3. The first kappa shape index (κ1) is 14.1. The number of thioether (sulfide) groups is 1. The molecule has 0 unspecified atom stereocenters. The first-order valence-corrected chi connectivity index (χ1v) is 6.56. The van der Waals surface area contributed by atoms with Gasteiger partial charge < -0.3 is 9.84 Å². The van der Waals surface area contributed by atoms with Gasteiger partial charge in [0.2, 0.25) is 0 Å². The average molecular weight is 258 g/mol. The highest BCUT2D eigenvalue weighted by molar-refractivity contribution is 7.99. The SMILES string of the molecule is CCCCn1nc(COC)cc1SCC(=O)O. The summed E-state index contributed by atoms with van der Waals surface area (Å²) in [7, 11) is 1.62. The highest BCUT2D eigenvalue weighted by Crippen LogP contribution is 2.20. The summed E-state index contributed by atoms with van der Waals surface area (Å²) in [6.07, 6.45) is 2.12. The number of ether oxygens (including phenoxy) is 1. The molecule has 96 valence electrons. The van der Waals surface area contributed by atoms with E-state index in [1.54, 1.807) is 7.11 Å². The largest absolute Gasteiger partial charge is 0.481 e. The molecule has 0 saturated heterocycles. The van der Waals surface area contributed by atoms with Crippen molar-refractivity contribution in [2.45, 2.75) is 37.9 Å². The third-order valence-corrected chi connectivity index (χ3v) is 3.17. The molecule has 1 heterocycles. The lowest BCUT2D eigenvalue weighted by molar-refractivity contribution is -0.133. The topological polar surface area (TPSA) is 64.4 Å². The second-order valence-electron chi connectivity index (χ2n) is 3.67. The average Bonchev–Trinajstić information content (AvgIpc) is 2.66. The molecule has 17 heavy (non-hydrogen) atoms. The van der Waals surface area contributed by atoms with Crippen molar-refractivity contribution in [2.75, 3.05) is 12.9 Å². The summed E-state index contributed by atoms with van der Waals surface area (Å²) in [6, 6.07) is 1.90. The van der Waals surface area contributed by atoms with Crippen LogP contribution in [-0.2, 0) is 22.7 Å². The number of methoxy groups -OCH3 is 1. The van der Waals surface area contributed by atoms with Gasteiger partial charge in [0.1, 0.15) is 0 Å². The monoisotopic (exact) mass is 258 g/mol. The van der Waals surface area contributed by atoms with Gasteiger partial charge in [-0.2, -0.15) is 5.10 Å². The number of hydrogen-bond donors (Lipinski definition) is 1. The fourth-order valence-corrected chi connectivity index (χ4v) is 2.16. The Hall–Kier alpha value is -1.01. The third-order valence-electron chi connectivity index (χ3n) is 2.15. The standard InChI is InChI=1S/C11H18N2O3S/c1-3-4-5-13-10(17-8-11(14)15)6-9(12-13)7-16-2/h6H,3-5,7-8H2,1-2H3,(H,14,15). The second-order valence-corrected chi connectivity index (χ2v) is 4.66. The van der Waals surface area contributed by atoms with Crippen molar-refractivity contribution in [3.8, 4) is 0 Å². The summed E-state index contributed by atoms with van der Waals surface area (Å²) in [4.78, 5) is 10.6. The predicted molar refractivity (Wildman–Crippen MR) is 66.2 cm³/mol. The molecule has 0 aliphatic carbocycles. The van der Waals surface area contributed by atoms with Gasteiger partial charge in [0.25, 0.3) is 0 Å². The van der Waals surface area contributed by atoms with Crippen molar-refractivity contribution < 1.29 is 14.6 Å². The number of aliphatic carboxylic acids is 1. The molecular weight excluding hydrogens is 240 g/mol. The van der Waals surface area contributed by atoms with Crippen LogP contribution in [0.3, 0.4) is 0 Å². The van der Waals surface area contributed by atoms with Gasteiger partial charge in [-0.15, -0.1) is 0 Å². The Morgan fingerprint density at radius 2 is 2.41 bits per heavy atom. The molecule has 0 aliphatic rings. The summed E-state index contributed by atoms with van der Waals surface area (Å²) >= 11 is 1.30. The van der Waals surface area contributed by atoms with E-state index in [-0.39, 0.29) is 5.75 Å². The van der Waals surface area contributed by atoms with Crippen molar-refractivity contribution in [3.05, 3.63) is 11.8 Å². The van der Waals surface area contributed by atoms with E-state index in [2.05, 4.69) is 12.0 Å². The van der Waals surface area contributed by atoms with Gasteiger partial charge in [0.05, 0.1) is 23.1 Å². The Morgan fingerprint density at radius 3 is 3.00 bits per heavy atom. The molecular formula is C11H18N2O3S. The summed E-state index contributed by atoms with van der Waals surface area (Å²) in [5.74, 6) is -0.754. The molecule has 6 heteroatoms. The molecule has 0 atom stereocenters. The molecule has 1 N–H and O–H groups in total. The molecule has 0 radical (unpaired) electrons. The van der Waals surface area contributed by atoms with E-state index in [9.17, 15) is 4.79 Å². The number of aryl methyl sites for hydroxylation is 1. The summed E-state index contributed by atoms with van der Waals surface area (Å²) in [5.41, 5.74) is 0.844. The van der Waals surface area contributed by atoms with Crippen LogP contribution < -0.4 is 0 Å². The molecule has 0 saturated carbocycles. The lowest BCUT2D eigenvalue weighted by Crippen LogP contribution is -2.04. The quantitative estimate of drug-likeness (QED) is 0.723. The number of carbonyl (C=O) groups is 1. The second kappa shape index (κ2) is 7.34. The Morgan fingerprint density at radius 1 is 1.65 bits per heavy atom. The number of unbranched alkanes of at least 4 members (excludes halogenated alkanes) is 1. The van der Waals surface area contributed by atoms with Crippen molar-refractivity contribution in [2.24, 2.45) is 0 Å². The van der Waals surface area contributed by atoms with Gasteiger partial charge >= 0.3 is 5.97 Å². The van der Waals surface area contributed by atoms with Gasteiger partial charge in [0, 0.05) is 13.7 Å². The molecule has 0 aliphatic heterocycles. The molecule has 0 amide bonds. The fraction of sp³-hybridized carbons (Fsp3) is 0.636. The molecule has 0 fully saturated rings. The van der Waals surface area contributed by atoms with E-state index in [0.29, 0.717) is 6.61 Å². The van der Waals surface area contributed by atoms with Crippen molar-refractivity contribution in [1.82, 2.24) is 9.78 Å². The van der Waals surface area contributed by atoms with Gasteiger partial charge in [-0.05, 0) is 12.5 Å². The zero-order valence-corrected chi connectivity index (χ0v) is 11.0. The Kier molecular flexibility index (Phi) is 6.07. The van der Waals surface area contributed by atoms with E-state index in [1.165, 1.54) is 11.8 Å². The molecule has 0 bridgehead atoms. The van der Waals surface area contributed by atoms with Crippen LogP contribution >= 0.6 is 11.8 Å². The number of rotatable bonds is 8. The lowest BCUT2D eigenvalue weighted by Gasteiger charge is -2.04. The number of carboxylic acid groups (broad SMARTS) is 1. The van der Waals surface area contributed by atoms with Crippen LogP contribution in [-0.4, -0.2) is 33.7 Å². The smallest absolute Gasteiger partial charge is 0.313 e. The molecule has 0 aromatic carbocycles. The highest BCUT2D eigenvalue weighted by Gasteiger charge is 2.09. The Balaban J connectivity index is 2.71. The number of aromatic nitrogens is 2. The minimum Gasteiger partial charge on any atom is -0.481 e. The molecule has 5 nitrogen and oxygen atoms in total. The van der Waals surface area contributed by atoms with Crippen LogP contribution in [0.4, 0.5) is 0 Å². The maximum atomic E-state index is 10.6. The third kappa shape index (κ3) is 4.79.